The van der Waals surface area contributed by atoms with Crippen molar-refractivity contribution in [2.75, 3.05) is 0 Å². The molecule has 0 atom stereocenters. The molecule has 0 amide bonds. The van der Waals surface area contributed by atoms with E-state index >= 15 is 0 Å². The summed E-state index contributed by atoms with van der Waals surface area (Å²) in [6, 6.07) is 2.35. The van der Waals surface area contributed by atoms with Crippen LogP contribution in [0.5, 0.6) is 0 Å². The maximum Gasteiger partial charge on any atom is 0.194 e. The summed E-state index contributed by atoms with van der Waals surface area (Å²) in [6.07, 6.45) is 16.0. The van der Waals surface area contributed by atoms with Crippen molar-refractivity contribution in [2.45, 2.75) is 77.0 Å². The first-order valence-corrected chi connectivity index (χ1v) is 9.41. The second kappa shape index (κ2) is 9.90. The third kappa shape index (κ3) is 5.68. The average molecular weight is 338 g/mol. The Balaban J connectivity index is 1.70. The number of halogens is 3. The zero-order valence-corrected chi connectivity index (χ0v) is 14.7. The van der Waals surface area contributed by atoms with E-state index in [1.165, 1.54) is 50.7 Å². The summed E-state index contributed by atoms with van der Waals surface area (Å²) in [5.41, 5.74) is 0.617. The highest BCUT2D eigenvalue weighted by Crippen LogP contribution is 2.38. The van der Waals surface area contributed by atoms with E-state index in [4.69, 9.17) is 0 Å². The molecule has 0 radical (unpaired) electrons. The molecular formula is C21H29F3. The fraction of sp³-hybridized carbons (Fsp3) is 0.619. The molecule has 1 fully saturated rings. The second-order valence-corrected chi connectivity index (χ2v) is 7.06. The Bertz CT molecular complexity index is 505. The lowest BCUT2D eigenvalue weighted by Crippen LogP contribution is -2.14. The van der Waals surface area contributed by atoms with Crippen molar-refractivity contribution in [3.8, 4) is 0 Å². The number of benzene rings is 1. The van der Waals surface area contributed by atoms with E-state index in [1.54, 1.807) is 0 Å². The highest BCUT2D eigenvalue weighted by molar-refractivity contribution is 5.23. The average Bonchev–Trinajstić information content (AvgIpc) is 2.59. The number of unbranched alkanes of at least 4 members (excludes halogenated alkanes) is 3. The molecule has 0 spiro atoms. The zero-order valence-electron chi connectivity index (χ0n) is 14.7. The van der Waals surface area contributed by atoms with Gasteiger partial charge in [0.15, 0.2) is 17.5 Å². The van der Waals surface area contributed by atoms with Gasteiger partial charge in [-0.3, -0.25) is 0 Å². The molecule has 0 N–H and O–H groups in total. The van der Waals surface area contributed by atoms with Crippen LogP contribution in [0.2, 0.25) is 0 Å². The third-order valence-corrected chi connectivity index (χ3v) is 5.18. The lowest BCUT2D eigenvalue weighted by Gasteiger charge is -2.29. The maximum absolute atomic E-state index is 13.4. The van der Waals surface area contributed by atoms with Gasteiger partial charge in [-0.25, -0.2) is 13.2 Å². The van der Waals surface area contributed by atoms with Crippen molar-refractivity contribution in [3.05, 3.63) is 47.3 Å². The summed E-state index contributed by atoms with van der Waals surface area (Å²) in [6.45, 7) is 2.19. The molecule has 0 aliphatic heterocycles. The van der Waals surface area contributed by atoms with Crippen LogP contribution < -0.4 is 0 Å². The Morgan fingerprint density at radius 2 is 1.54 bits per heavy atom. The molecule has 3 heteroatoms. The minimum atomic E-state index is -1.36. The topological polar surface area (TPSA) is 0 Å². The molecule has 2 rings (SSSR count). The SMILES string of the molecule is CCC/C=C/CCCC[C@H]1CC[C@H](c2cc(F)c(F)c(F)c2)CC1. The Hall–Kier alpha value is -1.25. The molecule has 0 saturated heterocycles. The maximum atomic E-state index is 13.4. The zero-order chi connectivity index (χ0) is 17.4. The van der Waals surface area contributed by atoms with Gasteiger partial charge in [-0.2, -0.15) is 0 Å². The molecule has 0 nitrogen and oxygen atoms in total. The number of hydrogen-bond acceptors (Lipinski definition) is 0. The van der Waals surface area contributed by atoms with Gasteiger partial charge in [-0.1, -0.05) is 38.3 Å². The minimum Gasteiger partial charge on any atom is -0.204 e. The quantitative estimate of drug-likeness (QED) is 0.265. The third-order valence-electron chi connectivity index (χ3n) is 5.18. The van der Waals surface area contributed by atoms with Gasteiger partial charge in [-0.15, -0.1) is 0 Å². The lowest BCUT2D eigenvalue weighted by atomic mass is 9.77. The van der Waals surface area contributed by atoms with Crippen LogP contribution in [-0.4, -0.2) is 0 Å². The van der Waals surface area contributed by atoms with E-state index in [2.05, 4.69) is 19.1 Å². The molecule has 1 aromatic rings. The fourth-order valence-corrected chi connectivity index (χ4v) is 3.69. The first-order valence-electron chi connectivity index (χ1n) is 9.41. The van der Waals surface area contributed by atoms with E-state index in [0.29, 0.717) is 5.56 Å². The van der Waals surface area contributed by atoms with E-state index in [-0.39, 0.29) is 5.92 Å². The van der Waals surface area contributed by atoms with Crippen LogP contribution >= 0.6 is 0 Å². The monoisotopic (exact) mass is 338 g/mol. The summed E-state index contributed by atoms with van der Waals surface area (Å²) in [5.74, 6) is -2.59. The normalized spacial score (nSPS) is 21.5. The van der Waals surface area contributed by atoms with Crippen LogP contribution in [0.4, 0.5) is 13.2 Å². The fourth-order valence-electron chi connectivity index (χ4n) is 3.69. The molecule has 0 aromatic heterocycles. The predicted molar refractivity (Wildman–Crippen MR) is 93.5 cm³/mol. The lowest BCUT2D eigenvalue weighted by molar-refractivity contribution is 0.302. The molecular weight excluding hydrogens is 309 g/mol. The van der Waals surface area contributed by atoms with Crippen molar-refractivity contribution in [1.82, 2.24) is 0 Å². The van der Waals surface area contributed by atoms with Crippen LogP contribution in [0.1, 0.15) is 82.6 Å². The van der Waals surface area contributed by atoms with E-state index < -0.39 is 17.5 Å². The standard InChI is InChI=1S/C21H29F3/c1-2-3-4-5-6-7-8-9-16-10-12-17(13-11-16)18-14-19(22)21(24)20(23)15-18/h4-5,14-17H,2-3,6-13H2,1H3/b5-4+/t16-,17-. The van der Waals surface area contributed by atoms with Crippen LogP contribution in [0.15, 0.2) is 24.3 Å². The Morgan fingerprint density at radius 1 is 0.917 bits per heavy atom. The van der Waals surface area contributed by atoms with E-state index in [1.807, 2.05) is 0 Å². The van der Waals surface area contributed by atoms with Gasteiger partial charge in [0.2, 0.25) is 0 Å². The molecule has 1 saturated carbocycles. The number of rotatable bonds is 8. The predicted octanol–water partition coefficient (Wildman–Crippen LogP) is 7.29. The minimum absolute atomic E-state index is 0.169. The molecule has 0 heterocycles. The first kappa shape index (κ1) is 19.1. The van der Waals surface area contributed by atoms with Crippen molar-refractivity contribution < 1.29 is 13.2 Å². The van der Waals surface area contributed by atoms with Gasteiger partial charge in [0.25, 0.3) is 0 Å². The number of allylic oxidation sites excluding steroid dienone is 2. The van der Waals surface area contributed by atoms with Gasteiger partial charge < -0.3 is 0 Å². The van der Waals surface area contributed by atoms with E-state index in [0.717, 1.165) is 31.6 Å². The molecule has 24 heavy (non-hydrogen) atoms. The van der Waals surface area contributed by atoms with Gasteiger partial charge in [0, 0.05) is 0 Å². The Labute approximate surface area is 144 Å². The number of hydrogen-bond donors (Lipinski definition) is 0. The Kier molecular flexibility index (Phi) is 7.87. The second-order valence-electron chi connectivity index (χ2n) is 7.06. The van der Waals surface area contributed by atoms with Gasteiger partial charge in [0.05, 0.1) is 0 Å². The molecule has 0 unspecified atom stereocenters. The summed E-state index contributed by atoms with van der Waals surface area (Å²) in [5, 5.41) is 0. The van der Waals surface area contributed by atoms with Gasteiger partial charge in [-0.05, 0) is 74.5 Å². The van der Waals surface area contributed by atoms with Crippen molar-refractivity contribution >= 4 is 0 Å². The molecule has 1 aliphatic rings. The molecule has 134 valence electrons. The summed E-state index contributed by atoms with van der Waals surface area (Å²) < 4.78 is 39.8. The smallest absolute Gasteiger partial charge is 0.194 e. The Morgan fingerprint density at radius 3 is 2.17 bits per heavy atom. The summed E-state index contributed by atoms with van der Waals surface area (Å²) >= 11 is 0. The molecule has 0 bridgehead atoms. The van der Waals surface area contributed by atoms with Gasteiger partial charge in [0.1, 0.15) is 0 Å². The van der Waals surface area contributed by atoms with Crippen molar-refractivity contribution in [1.29, 1.82) is 0 Å². The van der Waals surface area contributed by atoms with Gasteiger partial charge >= 0.3 is 0 Å². The highest BCUT2D eigenvalue weighted by atomic mass is 19.2. The van der Waals surface area contributed by atoms with Crippen LogP contribution in [0.3, 0.4) is 0 Å². The van der Waals surface area contributed by atoms with Crippen molar-refractivity contribution in [2.24, 2.45) is 5.92 Å². The van der Waals surface area contributed by atoms with Crippen LogP contribution in [0.25, 0.3) is 0 Å². The highest BCUT2D eigenvalue weighted by Gasteiger charge is 2.24. The van der Waals surface area contributed by atoms with E-state index in [9.17, 15) is 13.2 Å². The van der Waals surface area contributed by atoms with Crippen LogP contribution in [0, 0.1) is 23.4 Å². The summed E-state index contributed by atoms with van der Waals surface area (Å²) in [7, 11) is 0. The summed E-state index contributed by atoms with van der Waals surface area (Å²) in [4.78, 5) is 0. The molecule has 1 aromatic carbocycles. The van der Waals surface area contributed by atoms with Crippen molar-refractivity contribution in [3.63, 3.8) is 0 Å². The van der Waals surface area contributed by atoms with Crippen LogP contribution in [-0.2, 0) is 0 Å². The molecule has 1 aliphatic carbocycles. The first-order chi connectivity index (χ1) is 11.6. The largest absolute Gasteiger partial charge is 0.204 e.